The van der Waals surface area contributed by atoms with Crippen LogP contribution in [0.4, 0.5) is 0 Å². The molecule has 0 spiro atoms. The fourth-order valence-corrected chi connectivity index (χ4v) is 2.83. The van der Waals surface area contributed by atoms with Crippen molar-refractivity contribution in [1.82, 2.24) is 4.57 Å². The van der Waals surface area contributed by atoms with Crippen LogP contribution in [-0.4, -0.2) is 16.4 Å². The van der Waals surface area contributed by atoms with Crippen LogP contribution < -0.4 is 4.74 Å². The van der Waals surface area contributed by atoms with Crippen LogP contribution in [0.5, 0.6) is 5.75 Å². The van der Waals surface area contributed by atoms with Gasteiger partial charge in [0.25, 0.3) is 0 Å². The molecule has 0 aliphatic heterocycles. The van der Waals surface area contributed by atoms with Gasteiger partial charge in [0.1, 0.15) is 0 Å². The molecule has 1 aromatic heterocycles. The van der Waals surface area contributed by atoms with E-state index >= 15 is 0 Å². The van der Waals surface area contributed by atoms with E-state index in [0.717, 1.165) is 5.56 Å². The highest BCUT2D eigenvalue weighted by molar-refractivity contribution is 6.31. The molecule has 3 rings (SSSR count). The van der Waals surface area contributed by atoms with Gasteiger partial charge >= 0.3 is 5.97 Å². The van der Waals surface area contributed by atoms with Crippen LogP contribution in [0.1, 0.15) is 18.6 Å². The van der Waals surface area contributed by atoms with Crippen molar-refractivity contribution in [3.63, 3.8) is 0 Å². The van der Waals surface area contributed by atoms with Gasteiger partial charge in [-0.1, -0.05) is 41.9 Å². The second-order valence-corrected chi connectivity index (χ2v) is 5.59. The third-order valence-electron chi connectivity index (χ3n) is 3.49. The molecule has 0 aliphatic rings. The molecule has 5 heteroatoms. The molecule has 2 aromatic carbocycles. The number of aromatic nitrogens is 1. The van der Waals surface area contributed by atoms with Crippen LogP contribution in [0, 0.1) is 0 Å². The van der Waals surface area contributed by atoms with Crippen molar-refractivity contribution in [1.29, 1.82) is 0 Å². The van der Waals surface area contributed by atoms with Crippen molar-refractivity contribution in [2.45, 2.75) is 13.8 Å². The summed E-state index contributed by atoms with van der Waals surface area (Å²) in [5.74, 6) is -0.264. The van der Waals surface area contributed by atoms with E-state index in [2.05, 4.69) is 0 Å². The number of esters is 1. The van der Waals surface area contributed by atoms with E-state index in [1.54, 1.807) is 18.2 Å². The molecule has 0 N–H and O–H groups in total. The summed E-state index contributed by atoms with van der Waals surface area (Å²) in [4.78, 5) is 23.8. The Kier molecular flexibility index (Phi) is 3.92. The fourth-order valence-electron chi connectivity index (χ4n) is 2.66. The van der Waals surface area contributed by atoms with Crippen LogP contribution in [0.15, 0.2) is 48.5 Å². The SMILES string of the molecule is CC(=O)Oc1c(-c2ccccc2)n(C(C)=O)c2cc(Cl)ccc12. The number of hydrogen-bond donors (Lipinski definition) is 0. The number of carbonyl (C=O) groups is 2. The van der Waals surface area contributed by atoms with E-state index in [4.69, 9.17) is 16.3 Å². The maximum Gasteiger partial charge on any atom is 0.308 e. The van der Waals surface area contributed by atoms with Crippen molar-refractivity contribution < 1.29 is 14.3 Å². The number of rotatable bonds is 2. The van der Waals surface area contributed by atoms with Crippen LogP contribution >= 0.6 is 11.6 Å². The van der Waals surface area contributed by atoms with Crippen molar-refractivity contribution in [3.05, 3.63) is 53.6 Å². The summed E-state index contributed by atoms with van der Waals surface area (Å²) in [6.45, 7) is 2.80. The first kappa shape index (κ1) is 15.3. The van der Waals surface area contributed by atoms with E-state index in [1.165, 1.54) is 18.4 Å². The predicted octanol–water partition coefficient (Wildman–Crippen LogP) is 4.55. The Balaban J connectivity index is 2.45. The summed E-state index contributed by atoms with van der Waals surface area (Å²) < 4.78 is 6.95. The summed E-state index contributed by atoms with van der Waals surface area (Å²) in [6.07, 6.45) is 0. The maximum atomic E-state index is 12.2. The quantitative estimate of drug-likeness (QED) is 0.649. The molecule has 0 radical (unpaired) electrons. The molecule has 0 bridgehead atoms. The average Bonchev–Trinajstić information content (AvgIpc) is 2.81. The minimum Gasteiger partial charge on any atom is -0.424 e. The molecule has 0 fully saturated rings. The Labute approximate surface area is 138 Å². The van der Waals surface area contributed by atoms with Gasteiger partial charge in [0.15, 0.2) is 5.75 Å². The van der Waals surface area contributed by atoms with Crippen LogP contribution in [-0.2, 0) is 4.79 Å². The highest BCUT2D eigenvalue weighted by Gasteiger charge is 2.23. The molecule has 0 atom stereocenters. The zero-order valence-electron chi connectivity index (χ0n) is 12.7. The van der Waals surface area contributed by atoms with Crippen molar-refractivity contribution in [2.75, 3.05) is 0 Å². The van der Waals surface area contributed by atoms with E-state index in [-0.39, 0.29) is 5.91 Å². The number of benzene rings is 2. The van der Waals surface area contributed by atoms with E-state index in [1.807, 2.05) is 30.3 Å². The molecule has 0 saturated heterocycles. The van der Waals surface area contributed by atoms with Crippen LogP contribution in [0.2, 0.25) is 5.02 Å². The lowest BCUT2D eigenvalue weighted by molar-refractivity contribution is -0.131. The second-order valence-electron chi connectivity index (χ2n) is 5.15. The Hall–Kier alpha value is -2.59. The molecule has 0 amide bonds. The average molecular weight is 328 g/mol. The van der Waals surface area contributed by atoms with E-state index < -0.39 is 5.97 Å². The fraction of sp³-hybridized carbons (Fsp3) is 0.111. The first-order valence-electron chi connectivity index (χ1n) is 7.08. The number of halogens is 1. The predicted molar refractivity (Wildman–Crippen MR) is 90.0 cm³/mol. The third-order valence-corrected chi connectivity index (χ3v) is 3.73. The largest absolute Gasteiger partial charge is 0.424 e. The molecular weight excluding hydrogens is 314 g/mol. The second kappa shape index (κ2) is 5.89. The van der Waals surface area contributed by atoms with E-state index in [9.17, 15) is 9.59 Å². The summed E-state index contributed by atoms with van der Waals surface area (Å²) in [5.41, 5.74) is 1.94. The topological polar surface area (TPSA) is 48.3 Å². The van der Waals surface area contributed by atoms with Gasteiger partial charge in [-0.3, -0.25) is 14.2 Å². The van der Waals surface area contributed by atoms with Gasteiger partial charge < -0.3 is 4.74 Å². The molecule has 0 aliphatic carbocycles. The number of hydrogen-bond acceptors (Lipinski definition) is 3. The molecule has 23 heavy (non-hydrogen) atoms. The lowest BCUT2D eigenvalue weighted by atomic mass is 10.1. The summed E-state index contributed by atoms with van der Waals surface area (Å²) in [7, 11) is 0. The number of fused-ring (bicyclic) bond motifs is 1. The van der Waals surface area contributed by atoms with E-state index in [0.29, 0.717) is 27.4 Å². The van der Waals surface area contributed by atoms with Gasteiger partial charge in [0.05, 0.1) is 11.2 Å². The first-order valence-corrected chi connectivity index (χ1v) is 7.45. The Morgan fingerprint density at radius 2 is 1.74 bits per heavy atom. The minimum absolute atomic E-state index is 0.186. The normalized spacial score (nSPS) is 10.7. The minimum atomic E-state index is -0.445. The van der Waals surface area contributed by atoms with Crippen molar-refractivity contribution in [3.8, 4) is 17.0 Å². The lowest BCUT2D eigenvalue weighted by Crippen LogP contribution is -2.08. The molecule has 0 unspecified atom stereocenters. The highest BCUT2D eigenvalue weighted by Crippen LogP contribution is 2.41. The zero-order chi connectivity index (χ0) is 16.6. The van der Waals surface area contributed by atoms with Gasteiger partial charge in [-0.05, 0) is 18.2 Å². The summed E-state index contributed by atoms with van der Waals surface area (Å²) in [5, 5.41) is 1.17. The molecule has 1 heterocycles. The van der Waals surface area contributed by atoms with Gasteiger partial charge in [0.2, 0.25) is 5.91 Å². The standard InChI is InChI=1S/C18H14ClNO3/c1-11(21)20-16-10-14(19)8-9-15(16)18(23-12(2)22)17(20)13-6-4-3-5-7-13/h3-10H,1-2H3. The Morgan fingerprint density at radius 1 is 1.04 bits per heavy atom. The smallest absolute Gasteiger partial charge is 0.308 e. The Bertz CT molecular complexity index is 913. The van der Waals surface area contributed by atoms with Crippen LogP contribution in [0.25, 0.3) is 22.2 Å². The Morgan fingerprint density at radius 3 is 2.35 bits per heavy atom. The highest BCUT2D eigenvalue weighted by atomic mass is 35.5. The van der Waals surface area contributed by atoms with Gasteiger partial charge in [-0.15, -0.1) is 0 Å². The zero-order valence-corrected chi connectivity index (χ0v) is 13.4. The summed E-state index contributed by atoms with van der Waals surface area (Å²) >= 11 is 6.08. The van der Waals surface area contributed by atoms with Crippen LogP contribution in [0.3, 0.4) is 0 Å². The molecule has 116 valence electrons. The number of ether oxygens (including phenoxy) is 1. The van der Waals surface area contributed by atoms with Crippen molar-refractivity contribution >= 4 is 34.4 Å². The lowest BCUT2D eigenvalue weighted by Gasteiger charge is -2.09. The van der Waals surface area contributed by atoms with Gasteiger partial charge in [0, 0.05) is 29.8 Å². The molecule has 4 nitrogen and oxygen atoms in total. The number of carbonyl (C=O) groups excluding carboxylic acids is 2. The molecule has 3 aromatic rings. The third kappa shape index (κ3) is 2.73. The van der Waals surface area contributed by atoms with Gasteiger partial charge in [-0.25, -0.2) is 0 Å². The van der Waals surface area contributed by atoms with Crippen molar-refractivity contribution in [2.24, 2.45) is 0 Å². The monoisotopic (exact) mass is 327 g/mol. The summed E-state index contributed by atoms with van der Waals surface area (Å²) in [6, 6.07) is 14.5. The molecular formula is C18H14ClNO3. The molecule has 0 saturated carbocycles. The number of nitrogens with zero attached hydrogens (tertiary/aromatic N) is 1. The van der Waals surface area contributed by atoms with Gasteiger partial charge in [-0.2, -0.15) is 0 Å². The maximum absolute atomic E-state index is 12.2. The first-order chi connectivity index (χ1) is 11.0.